The molecular formula is C16H16N2O3S. The third-order valence-corrected chi connectivity index (χ3v) is 4.54. The molecule has 1 unspecified atom stereocenters. The Morgan fingerprint density at radius 3 is 2.64 bits per heavy atom. The number of carbonyl (C=O) groups excluding carboxylic acids is 1. The lowest BCUT2D eigenvalue weighted by Crippen LogP contribution is -2.47. The van der Waals surface area contributed by atoms with Gasteiger partial charge in [0.1, 0.15) is 6.17 Å². The molecule has 0 aliphatic carbocycles. The molecule has 114 valence electrons. The smallest absolute Gasteiger partial charge is 0.292 e. The highest BCUT2D eigenvalue weighted by Gasteiger charge is 2.37. The first-order valence-electron chi connectivity index (χ1n) is 6.89. The zero-order valence-corrected chi connectivity index (χ0v) is 12.5. The Morgan fingerprint density at radius 1 is 1.23 bits per heavy atom. The van der Waals surface area contributed by atoms with Crippen LogP contribution in [-0.4, -0.2) is 27.6 Å². The van der Waals surface area contributed by atoms with E-state index in [0.717, 1.165) is 10.4 Å². The summed E-state index contributed by atoms with van der Waals surface area (Å²) in [5.74, 6) is -0.859. The lowest BCUT2D eigenvalue weighted by Gasteiger charge is -2.39. The highest BCUT2D eigenvalue weighted by atomic mass is 32.1. The van der Waals surface area contributed by atoms with E-state index in [0.29, 0.717) is 0 Å². The van der Waals surface area contributed by atoms with Crippen molar-refractivity contribution < 1.29 is 15.0 Å². The molecule has 1 aromatic carbocycles. The van der Waals surface area contributed by atoms with Gasteiger partial charge in [-0.2, -0.15) is 0 Å². The Morgan fingerprint density at radius 2 is 2.00 bits per heavy atom. The molecule has 1 aromatic heterocycles. The third kappa shape index (κ3) is 2.58. The minimum absolute atomic E-state index is 0.230. The Balaban J connectivity index is 2.02. The summed E-state index contributed by atoms with van der Waals surface area (Å²) in [4.78, 5) is 14.9. The predicted octanol–water partition coefficient (Wildman–Crippen LogP) is 2.31. The van der Waals surface area contributed by atoms with Gasteiger partial charge in [0.2, 0.25) is 0 Å². The molecule has 6 heteroatoms. The highest BCUT2D eigenvalue weighted by molar-refractivity contribution is 7.10. The second-order valence-corrected chi connectivity index (χ2v) is 5.91. The lowest BCUT2D eigenvalue weighted by molar-refractivity contribution is -0.138. The van der Waals surface area contributed by atoms with E-state index < -0.39 is 18.1 Å². The van der Waals surface area contributed by atoms with Crippen molar-refractivity contribution in [2.45, 2.75) is 12.2 Å². The number of hydrogen-bond acceptors (Lipinski definition) is 5. The number of thiophene rings is 1. The molecule has 0 spiro atoms. The van der Waals surface area contributed by atoms with Gasteiger partial charge in [-0.25, -0.2) is 0 Å². The average Bonchev–Trinajstić information content (AvgIpc) is 3.07. The van der Waals surface area contributed by atoms with Crippen molar-refractivity contribution >= 4 is 17.2 Å². The zero-order chi connectivity index (χ0) is 15.5. The van der Waals surface area contributed by atoms with Gasteiger partial charge in [0.05, 0.1) is 12.6 Å². The molecule has 0 radical (unpaired) electrons. The second-order valence-electron chi connectivity index (χ2n) is 4.94. The van der Waals surface area contributed by atoms with Crippen LogP contribution in [0.3, 0.4) is 0 Å². The number of aliphatic hydroxyl groups excluding tert-OH is 2. The Labute approximate surface area is 132 Å². The second kappa shape index (κ2) is 6.21. The molecule has 0 saturated heterocycles. The van der Waals surface area contributed by atoms with E-state index in [2.05, 4.69) is 5.32 Å². The monoisotopic (exact) mass is 316 g/mol. The van der Waals surface area contributed by atoms with E-state index in [1.165, 1.54) is 22.4 Å². The molecule has 0 bridgehead atoms. The van der Waals surface area contributed by atoms with Crippen LogP contribution in [0.15, 0.2) is 59.8 Å². The first-order chi connectivity index (χ1) is 10.7. The number of aliphatic hydroxyl groups is 2. The zero-order valence-electron chi connectivity index (χ0n) is 11.7. The number of nitrogens with zero attached hydrogens (tertiary/aromatic N) is 1. The first kappa shape index (κ1) is 14.6. The number of amides is 1. The van der Waals surface area contributed by atoms with Crippen LogP contribution in [0.5, 0.6) is 0 Å². The molecule has 1 aliphatic rings. The van der Waals surface area contributed by atoms with Crippen molar-refractivity contribution in [2.24, 2.45) is 0 Å². The van der Waals surface area contributed by atoms with Crippen LogP contribution < -0.4 is 5.32 Å². The molecule has 3 N–H and O–H groups in total. The third-order valence-electron chi connectivity index (χ3n) is 3.62. The fourth-order valence-electron chi connectivity index (χ4n) is 2.57. The maximum Gasteiger partial charge on any atom is 0.292 e. The van der Waals surface area contributed by atoms with E-state index in [4.69, 9.17) is 0 Å². The van der Waals surface area contributed by atoms with Crippen LogP contribution >= 0.6 is 11.3 Å². The maximum atomic E-state index is 12.5. The van der Waals surface area contributed by atoms with Crippen LogP contribution in [-0.2, 0) is 4.79 Å². The Hall–Kier alpha value is -2.31. The fourth-order valence-corrected chi connectivity index (χ4v) is 3.35. The SMILES string of the molecule is O=C1C(O)=CNC(c2cccs2)N1[C@@H](CO)c1ccccc1. The topological polar surface area (TPSA) is 72.8 Å². The quantitative estimate of drug-likeness (QED) is 0.809. The van der Waals surface area contributed by atoms with Gasteiger partial charge in [-0.15, -0.1) is 11.3 Å². The van der Waals surface area contributed by atoms with Gasteiger partial charge in [-0.05, 0) is 17.0 Å². The standard InChI is InChI=1S/C16H16N2O3S/c19-10-12(11-5-2-1-3-6-11)18-15(14-7-4-8-22-14)17-9-13(20)16(18)21/h1-9,12,15,17,19-20H,10H2/t12-,15?/m0/s1. The fraction of sp³-hybridized carbons (Fsp3) is 0.188. The highest BCUT2D eigenvalue weighted by Crippen LogP contribution is 2.34. The van der Waals surface area contributed by atoms with Gasteiger partial charge in [-0.3, -0.25) is 4.79 Å². The lowest BCUT2D eigenvalue weighted by atomic mass is 10.0. The van der Waals surface area contributed by atoms with Crippen LogP contribution in [0.2, 0.25) is 0 Å². The average molecular weight is 316 g/mol. The molecule has 22 heavy (non-hydrogen) atoms. The number of carbonyl (C=O) groups is 1. The summed E-state index contributed by atoms with van der Waals surface area (Å²) in [6, 6.07) is 12.6. The molecule has 5 nitrogen and oxygen atoms in total. The molecule has 1 aliphatic heterocycles. The number of benzene rings is 1. The normalized spacial score (nSPS) is 19.5. The molecule has 0 saturated carbocycles. The number of hydrogen-bond donors (Lipinski definition) is 3. The van der Waals surface area contributed by atoms with Gasteiger partial charge >= 0.3 is 0 Å². The van der Waals surface area contributed by atoms with Crippen molar-refractivity contribution in [3.63, 3.8) is 0 Å². The minimum atomic E-state index is -0.538. The summed E-state index contributed by atoms with van der Waals surface area (Å²) < 4.78 is 0. The van der Waals surface area contributed by atoms with Crippen molar-refractivity contribution in [3.8, 4) is 0 Å². The summed E-state index contributed by atoms with van der Waals surface area (Å²) in [6.45, 7) is -0.230. The molecule has 1 amide bonds. The molecule has 3 rings (SSSR count). The molecule has 2 atom stereocenters. The Bertz CT molecular complexity index is 670. The largest absolute Gasteiger partial charge is 0.502 e. The summed E-state index contributed by atoms with van der Waals surface area (Å²) in [6.07, 6.45) is 0.892. The van der Waals surface area contributed by atoms with Crippen molar-refractivity contribution in [3.05, 3.63) is 70.2 Å². The van der Waals surface area contributed by atoms with E-state index in [1.807, 2.05) is 47.8 Å². The molecular weight excluding hydrogens is 300 g/mol. The van der Waals surface area contributed by atoms with Crippen molar-refractivity contribution in [2.75, 3.05) is 6.61 Å². The van der Waals surface area contributed by atoms with Gasteiger partial charge in [0, 0.05) is 11.1 Å². The molecule has 0 fully saturated rings. The minimum Gasteiger partial charge on any atom is -0.502 e. The Kier molecular flexibility index (Phi) is 4.13. The van der Waals surface area contributed by atoms with Gasteiger partial charge < -0.3 is 20.4 Å². The number of nitrogens with one attached hydrogen (secondary N) is 1. The van der Waals surface area contributed by atoms with Crippen LogP contribution in [0.25, 0.3) is 0 Å². The van der Waals surface area contributed by atoms with Crippen molar-refractivity contribution in [1.29, 1.82) is 0 Å². The van der Waals surface area contributed by atoms with Crippen LogP contribution in [0, 0.1) is 0 Å². The first-order valence-corrected chi connectivity index (χ1v) is 7.77. The molecule has 2 heterocycles. The van der Waals surface area contributed by atoms with Gasteiger partial charge in [-0.1, -0.05) is 36.4 Å². The molecule has 2 aromatic rings. The van der Waals surface area contributed by atoms with Gasteiger partial charge in [0.15, 0.2) is 5.76 Å². The predicted molar refractivity (Wildman–Crippen MR) is 84.0 cm³/mol. The summed E-state index contributed by atoms with van der Waals surface area (Å²) in [7, 11) is 0. The van der Waals surface area contributed by atoms with Crippen LogP contribution in [0.1, 0.15) is 22.6 Å². The van der Waals surface area contributed by atoms with E-state index in [1.54, 1.807) is 0 Å². The van der Waals surface area contributed by atoms with E-state index in [9.17, 15) is 15.0 Å². The van der Waals surface area contributed by atoms with E-state index in [-0.39, 0.29) is 12.4 Å². The van der Waals surface area contributed by atoms with Gasteiger partial charge in [0.25, 0.3) is 5.91 Å². The van der Waals surface area contributed by atoms with Crippen molar-refractivity contribution in [1.82, 2.24) is 10.2 Å². The maximum absolute atomic E-state index is 12.5. The number of rotatable bonds is 4. The van der Waals surface area contributed by atoms with Crippen LogP contribution in [0.4, 0.5) is 0 Å². The summed E-state index contributed by atoms with van der Waals surface area (Å²) in [5.41, 5.74) is 0.816. The summed E-state index contributed by atoms with van der Waals surface area (Å²) in [5, 5.41) is 24.6. The summed E-state index contributed by atoms with van der Waals surface area (Å²) >= 11 is 1.51. The van der Waals surface area contributed by atoms with E-state index >= 15 is 0 Å².